The van der Waals surface area contributed by atoms with Crippen LogP contribution in [0.4, 0.5) is 10.7 Å². The molecule has 3 N–H and O–H groups in total. The van der Waals surface area contributed by atoms with Gasteiger partial charge in [-0.2, -0.15) is 0 Å². The van der Waals surface area contributed by atoms with Crippen molar-refractivity contribution in [2.45, 2.75) is 13.8 Å². The largest absolute Gasteiger partial charge is 0.492 e. The number of nitrogens with one attached hydrogen (secondary N) is 1. The molecule has 5 nitrogen and oxygen atoms in total. The number of nitrogen functional groups attached to an aromatic ring is 1. The summed E-state index contributed by atoms with van der Waals surface area (Å²) in [7, 11) is 3.18. The zero-order valence-corrected chi connectivity index (χ0v) is 12.0. The van der Waals surface area contributed by atoms with Crippen molar-refractivity contribution in [3.63, 3.8) is 0 Å². The molecule has 6 heteroatoms. The van der Waals surface area contributed by atoms with Gasteiger partial charge in [-0.15, -0.1) is 11.3 Å². The summed E-state index contributed by atoms with van der Waals surface area (Å²) < 4.78 is 10.2. The maximum Gasteiger partial charge on any atom is 0.177 e. The molecule has 0 radical (unpaired) electrons. The molecule has 102 valence electrons. The molecule has 1 rings (SSSR count). The second-order valence-electron chi connectivity index (χ2n) is 4.15. The minimum atomic E-state index is -0.0810. The van der Waals surface area contributed by atoms with Crippen LogP contribution in [0.5, 0.6) is 5.75 Å². The van der Waals surface area contributed by atoms with E-state index in [1.54, 1.807) is 14.2 Å². The van der Waals surface area contributed by atoms with Crippen LogP contribution in [0.1, 0.15) is 23.5 Å². The molecule has 1 aromatic heterocycles. The van der Waals surface area contributed by atoms with E-state index in [2.05, 4.69) is 5.32 Å². The molecule has 0 aliphatic carbocycles. The average Bonchev–Trinajstić information content (AvgIpc) is 2.65. The number of carbonyl (C=O) groups is 1. The molecule has 0 bridgehead atoms. The fourth-order valence-corrected chi connectivity index (χ4v) is 2.66. The third kappa shape index (κ3) is 3.14. The van der Waals surface area contributed by atoms with Crippen LogP contribution in [0, 0.1) is 5.92 Å². The molecule has 0 unspecified atom stereocenters. The zero-order chi connectivity index (χ0) is 13.7. The first-order chi connectivity index (χ1) is 8.52. The molecule has 0 aliphatic rings. The number of thiophene rings is 1. The Labute approximate surface area is 111 Å². The number of hydrogen-bond donors (Lipinski definition) is 2. The summed E-state index contributed by atoms with van der Waals surface area (Å²) in [4.78, 5) is 12.6. The van der Waals surface area contributed by atoms with Crippen molar-refractivity contribution in [1.82, 2.24) is 0 Å². The lowest BCUT2D eigenvalue weighted by atomic mass is 10.1. The van der Waals surface area contributed by atoms with Crippen molar-refractivity contribution in [3.05, 3.63) is 4.88 Å². The number of hydrogen-bond acceptors (Lipinski definition) is 6. The highest BCUT2D eigenvalue weighted by Crippen LogP contribution is 2.43. The van der Waals surface area contributed by atoms with Crippen LogP contribution in [-0.2, 0) is 4.74 Å². The van der Waals surface area contributed by atoms with Crippen LogP contribution in [0.2, 0.25) is 0 Å². The molecule has 0 aromatic carbocycles. The lowest BCUT2D eigenvalue weighted by Crippen LogP contribution is -2.07. The van der Waals surface area contributed by atoms with E-state index in [4.69, 9.17) is 15.2 Å². The summed E-state index contributed by atoms with van der Waals surface area (Å²) in [5.41, 5.74) is 6.37. The van der Waals surface area contributed by atoms with Gasteiger partial charge in [-0.1, -0.05) is 13.8 Å². The monoisotopic (exact) mass is 272 g/mol. The fraction of sp³-hybridized carbons (Fsp3) is 0.583. The molecule has 0 atom stereocenters. The minimum absolute atomic E-state index is 0.0376. The van der Waals surface area contributed by atoms with Crippen LogP contribution in [0.25, 0.3) is 0 Å². The Kier molecular flexibility index (Phi) is 5.43. The molecule has 1 heterocycles. The maximum absolute atomic E-state index is 12.0. The maximum atomic E-state index is 12.0. The molecular weight excluding hydrogens is 252 g/mol. The van der Waals surface area contributed by atoms with E-state index in [-0.39, 0.29) is 11.7 Å². The first-order valence-electron chi connectivity index (χ1n) is 5.76. The van der Waals surface area contributed by atoms with Gasteiger partial charge in [0, 0.05) is 19.6 Å². The van der Waals surface area contributed by atoms with E-state index in [0.29, 0.717) is 29.5 Å². The highest BCUT2D eigenvalue weighted by molar-refractivity contribution is 7.19. The second kappa shape index (κ2) is 6.61. The summed E-state index contributed by atoms with van der Waals surface area (Å²) in [5.74, 6) is 0.498. The normalized spacial score (nSPS) is 10.7. The smallest absolute Gasteiger partial charge is 0.177 e. The Balaban J connectivity index is 2.97. The summed E-state index contributed by atoms with van der Waals surface area (Å²) in [5, 5.41) is 3.93. The first-order valence-corrected chi connectivity index (χ1v) is 6.57. The van der Waals surface area contributed by atoms with E-state index in [1.807, 2.05) is 13.8 Å². The number of nitrogens with two attached hydrogens (primary N) is 1. The highest BCUT2D eigenvalue weighted by atomic mass is 32.1. The quantitative estimate of drug-likeness (QED) is 0.588. The molecule has 0 saturated heterocycles. The van der Waals surface area contributed by atoms with E-state index in [9.17, 15) is 4.79 Å². The molecule has 0 saturated carbocycles. The van der Waals surface area contributed by atoms with E-state index < -0.39 is 0 Å². The summed E-state index contributed by atoms with van der Waals surface area (Å²) >= 11 is 1.33. The van der Waals surface area contributed by atoms with E-state index in [1.165, 1.54) is 11.3 Å². The Morgan fingerprint density at radius 2 is 2.11 bits per heavy atom. The Bertz CT molecular complexity index is 416. The van der Waals surface area contributed by atoms with Crippen molar-refractivity contribution < 1.29 is 14.3 Å². The lowest BCUT2D eigenvalue weighted by Gasteiger charge is -2.05. The van der Waals surface area contributed by atoms with Gasteiger partial charge in [0.1, 0.15) is 5.00 Å². The molecule has 0 amide bonds. The second-order valence-corrected chi connectivity index (χ2v) is 5.17. The van der Waals surface area contributed by atoms with Gasteiger partial charge in [0.2, 0.25) is 0 Å². The molecule has 1 aromatic rings. The van der Waals surface area contributed by atoms with Crippen LogP contribution >= 0.6 is 11.3 Å². The number of ketones is 1. The zero-order valence-electron chi connectivity index (χ0n) is 11.2. The Morgan fingerprint density at radius 1 is 1.44 bits per heavy atom. The van der Waals surface area contributed by atoms with E-state index >= 15 is 0 Å². The predicted molar refractivity (Wildman–Crippen MR) is 74.8 cm³/mol. The fourth-order valence-electron chi connectivity index (χ4n) is 1.46. The van der Waals surface area contributed by atoms with E-state index in [0.717, 1.165) is 5.00 Å². The Hall–Kier alpha value is -1.27. The number of Topliss-reactive ketones (excluding diaryl/α,β-unsaturated/α-hetero) is 1. The number of ether oxygens (including phenoxy) is 2. The first kappa shape index (κ1) is 14.8. The van der Waals surface area contributed by atoms with Crippen molar-refractivity contribution in [2.24, 2.45) is 5.92 Å². The van der Waals surface area contributed by atoms with Gasteiger partial charge >= 0.3 is 0 Å². The number of methoxy groups -OCH3 is 2. The summed E-state index contributed by atoms with van der Waals surface area (Å²) in [6.07, 6.45) is 0. The number of carbonyl (C=O) groups excluding carboxylic acids is 1. The molecule has 0 fully saturated rings. The van der Waals surface area contributed by atoms with Gasteiger partial charge in [-0.3, -0.25) is 4.79 Å². The average molecular weight is 272 g/mol. The van der Waals surface area contributed by atoms with Gasteiger partial charge < -0.3 is 20.5 Å². The SMILES string of the molecule is COCCNc1sc(C(=O)C(C)C)c(N)c1OC. The standard InChI is InChI=1S/C12H20N2O3S/c1-7(2)9(15)11-8(13)10(17-4)12(18-11)14-5-6-16-3/h7,14H,5-6,13H2,1-4H3. The minimum Gasteiger partial charge on any atom is -0.492 e. The van der Waals surface area contributed by atoms with Crippen molar-refractivity contribution in [2.75, 3.05) is 38.4 Å². The summed E-state index contributed by atoms with van der Waals surface area (Å²) in [6.45, 7) is 4.93. The third-order valence-electron chi connectivity index (χ3n) is 2.44. The Morgan fingerprint density at radius 3 is 2.61 bits per heavy atom. The molecular formula is C12H20N2O3S. The molecule has 0 aliphatic heterocycles. The van der Waals surface area contributed by atoms with Crippen LogP contribution in [0.3, 0.4) is 0 Å². The lowest BCUT2D eigenvalue weighted by molar-refractivity contribution is 0.0944. The van der Waals surface area contributed by atoms with Gasteiger partial charge in [0.25, 0.3) is 0 Å². The summed E-state index contributed by atoms with van der Waals surface area (Å²) in [6, 6.07) is 0. The van der Waals surface area contributed by atoms with Crippen LogP contribution < -0.4 is 15.8 Å². The molecule has 18 heavy (non-hydrogen) atoms. The molecule has 0 spiro atoms. The number of anilines is 2. The van der Waals surface area contributed by atoms with Crippen LogP contribution in [-0.4, -0.2) is 33.2 Å². The van der Waals surface area contributed by atoms with Crippen molar-refractivity contribution in [3.8, 4) is 5.75 Å². The van der Waals surface area contributed by atoms with Gasteiger partial charge in [0.05, 0.1) is 24.3 Å². The topological polar surface area (TPSA) is 73.6 Å². The van der Waals surface area contributed by atoms with Crippen molar-refractivity contribution >= 4 is 27.8 Å². The predicted octanol–water partition coefficient (Wildman–Crippen LogP) is 2.24. The number of rotatable bonds is 7. The highest BCUT2D eigenvalue weighted by Gasteiger charge is 2.23. The van der Waals surface area contributed by atoms with Gasteiger partial charge in [0.15, 0.2) is 11.5 Å². The van der Waals surface area contributed by atoms with Crippen LogP contribution in [0.15, 0.2) is 0 Å². The third-order valence-corrected chi connectivity index (χ3v) is 3.60. The van der Waals surface area contributed by atoms with Gasteiger partial charge in [-0.25, -0.2) is 0 Å². The van der Waals surface area contributed by atoms with Crippen molar-refractivity contribution in [1.29, 1.82) is 0 Å². The van der Waals surface area contributed by atoms with Gasteiger partial charge in [-0.05, 0) is 0 Å².